The number of hydrogen-bond donors (Lipinski definition) is 11. The Kier molecular flexibility index (Phi) is 42.8. The number of likely N-dealkylation sites (tertiary alicyclic amines) is 2. The largest absolute Gasteiger partial charge is 1.00 e. The van der Waals surface area contributed by atoms with Crippen LogP contribution in [0.1, 0.15) is 69.2 Å². The molecule has 7 aliphatic rings. The molecule has 486 valence electrons. The number of nitrogens with zero attached hydrogens (tertiary/aromatic N) is 5. The van der Waals surface area contributed by atoms with E-state index in [1.807, 2.05) is 71.4 Å². The van der Waals surface area contributed by atoms with Crippen molar-refractivity contribution in [3.8, 4) is 0 Å². The first-order chi connectivity index (χ1) is 40.7. The molecule has 7 fully saturated rings. The smallest absolute Gasteiger partial charge is 0.545 e. The van der Waals surface area contributed by atoms with Gasteiger partial charge in [0.2, 0.25) is 17.7 Å². The molecule has 1 unspecified atom stereocenters. The average Bonchev–Trinajstić information content (AvgIpc) is 3.95. The third-order valence-electron chi connectivity index (χ3n) is 15.7. The van der Waals surface area contributed by atoms with Gasteiger partial charge in [-0.1, -0.05) is 12.1 Å². The molecule has 0 radical (unpaired) electrons. The number of thioether (sulfide) groups is 6. The summed E-state index contributed by atoms with van der Waals surface area (Å²) in [5.74, 6) is 1.14. The first-order valence-electron chi connectivity index (χ1n) is 29.3. The molecule has 1 aromatic carbocycles. The quantitative estimate of drug-likeness (QED) is 0.0224. The molecular weight excluding hydrogens is 1220 g/mol. The van der Waals surface area contributed by atoms with Crippen molar-refractivity contribution in [3.63, 3.8) is 0 Å². The molecule has 7 aliphatic heterocycles. The van der Waals surface area contributed by atoms with Gasteiger partial charge < -0.3 is 78.3 Å². The predicted molar refractivity (Wildman–Crippen MR) is 364 cm³/mol. The fourth-order valence-electron chi connectivity index (χ4n) is 10.4. The van der Waals surface area contributed by atoms with E-state index in [1.54, 1.807) is 61.6 Å². The average molecular weight is 1330 g/mol. The summed E-state index contributed by atoms with van der Waals surface area (Å²) in [4.78, 5) is 60.5. The number of nitrogens with one attached hydrogen (secondary N) is 8. The first-order valence-corrected chi connectivity index (χ1v) is 37.2. The zero-order valence-corrected chi connectivity index (χ0v) is 60.2. The number of aromatic carboxylic acids is 1. The number of amidine groups is 1. The number of carbonyl (C=O) groups is 4. The fourth-order valence-corrected chi connectivity index (χ4v) is 14.1. The second kappa shape index (κ2) is 45.7. The van der Waals surface area contributed by atoms with Crippen LogP contribution in [0, 0.1) is 11.3 Å². The summed E-state index contributed by atoms with van der Waals surface area (Å²) in [5, 5.41) is 53.8. The van der Waals surface area contributed by atoms with Crippen molar-refractivity contribution in [2.45, 2.75) is 127 Å². The van der Waals surface area contributed by atoms with Gasteiger partial charge >= 0.3 is 29.6 Å². The zero-order valence-electron chi connectivity index (χ0n) is 53.3. The number of likely N-dealkylation sites (N-methyl/N-ethyl adjacent to an activating group) is 2. The topological polar surface area (TPSA) is 315 Å². The first kappa shape index (κ1) is 80.5. The van der Waals surface area contributed by atoms with Crippen LogP contribution < -0.4 is 83.3 Å². The summed E-state index contributed by atoms with van der Waals surface area (Å²) < 4.78 is 5.35. The number of aliphatic hydroxyl groups excluding tert-OH is 1. The number of amides is 3. The molecule has 0 saturated carbocycles. The summed E-state index contributed by atoms with van der Waals surface area (Å²) in [7, 11) is 5.66. The Balaban J connectivity index is 0.000000365. The van der Waals surface area contributed by atoms with E-state index in [4.69, 9.17) is 21.6 Å². The fraction of sp³-hybridized carbons (Fsp3) is 0.772. The molecule has 7 heterocycles. The van der Waals surface area contributed by atoms with Gasteiger partial charge in [0.25, 0.3) is 0 Å². The van der Waals surface area contributed by atoms with Crippen molar-refractivity contribution in [2.24, 2.45) is 27.4 Å². The van der Waals surface area contributed by atoms with Crippen LogP contribution in [-0.4, -0.2) is 273 Å². The van der Waals surface area contributed by atoms with Crippen LogP contribution in [0.3, 0.4) is 0 Å². The van der Waals surface area contributed by atoms with Gasteiger partial charge in [0.15, 0.2) is 0 Å². The summed E-state index contributed by atoms with van der Waals surface area (Å²) in [6, 6.07) is 6.93. The molecule has 3 amide bonds. The minimum atomic E-state index is -1.25. The number of carboxylic acids is 1. The van der Waals surface area contributed by atoms with E-state index in [-0.39, 0.29) is 83.8 Å². The van der Waals surface area contributed by atoms with Crippen LogP contribution >= 0.6 is 70.6 Å². The normalized spacial score (nSPS) is 28.0. The monoisotopic (exact) mass is 1330 g/mol. The van der Waals surface area contributed by atoms with Crippen LogP contribution in [0.15, 0.2) is 34.3 Å². The van der Waals surface area contributed by atoms with Crippen molar-refractivity contribution in [1.29, 1.82) is 5.41 Å². The molecule has 0 bridgehead atoms. The van der Waals surface area contributed by atoms with Gasteiger partial charge in [-0.25, -0.2) is 4.99 Å². The number of carbonyl (C=O) groups excluding carboxylic acids is 4. The van der Waals surface area contributed by atoms with Crippen LogP contribution in [0.25, 0.3) is 0 Å². The summed E-state index contributed by atoms with van der Waals surface area (Å²) >= 11 is 11.0. The number of aliphatic hydroxyl groups is 1. The van der Waals surface area contributed by atoms with E-state index in [0.717, 1.165) is 127 Å². The summed E-state index contributed by atoms with van der Waals surface area (Å²) in [5.41, 5.74) is 11.7. The van der Waals surface area contributed by atoms with E-state index in [9.17, 15) is 29.4 Å². The van der Waals surface area contributed by atoms with Gasteiger partial charge in [-0.05, 0) is 128 Å². The number of benzene rings is 1. The van der Waals surface area contributed by atoms with Gasteiger partial charge in [0, 0.05) is 140 Å². The molecule has 0 aliphatic carbocycles. The number of carboxylic acid groups (broad SMARTS) is 1. The molecule has 1 aromatic rings. The van der Waals surface area contributed by atoms with Gasteiger partial charge in [-0.15, -0.1) is 0 Å². The molecule has 0 spiro atoms. The summed E-state index contributed by atoms with van der Waals surface area (Å²) in [6.07, 6.45) is 20.8. The predicted octanol–water partition coefficient (Wildman–Crippen LogP) is -1.32. The molecule has 86 heavy (non-hydrogen) atoms. The number of anilines is 1. The van der Waals surface area contributed by atoms with Gasteiger partial charge in [0.05, 0.1) is 49.1 Å². The van der Waals surface area contributed by atoms with Crippen molar-refractivity contribution < 1.29 is 63.7 Å². The van der Waals surface area contributed by atoms with E-state index in [2.05, 4.69) is 84.2 Å². The van der Waals surface area contributed by atoms with Crippen molar-refractivity contribution >= 4 is 118 Å². The Hall–Kier alpha value is -1.55. The van der Waals surface area contributed by atoms with Crippen LogP contribution in [0.4, 0.5) is 5.69 Å². The maximum absolute atomic E-state index is 12.7. The standard InChI is InChI=1S/C15H29N5O2S.C13H16N2O3S.C10H20N2OS.C8H16N2OS.C7H14N2S.C4H10N2S.Na/c1-11(16)17-9-22-10-18-12-4-5-20(7-12)15(21)14-6-13(23-3)8-19(14)2;1-19-10-6-11(14-7-10)12(16)15-9-4-2-3-8(5-9)13(17)18;1-14-8-4-9(12-6-8)10(13)7-2-3-11-5-7;1-10(2)8(11)7-4-6(12-3)5-9-7;1-5(8)7-3-6(10-2)4-9-7;1-7-3-2-6-4-5;/h12-14,18H,4-10H2,1-3H3,(H2,16,17);2-5,10-11,14H,6-7H2,1H3,(H,15,16)(H,17,18);7-13H,2-6H2,1H3;6-7,9H,4-5H2,1-3H3;6-9H,3-4H2,1-2H3;4H,2-3H2,1H3,(H2,5,6);/q;;;;;;+1/p-1/t12-,13-,14-;10-,11-;7-,8+,9+,10-;6-,7-;6-,7?;;/m00101../s1. The minimum absolute atomic E-state index is 0. The molecule has 0 aromatic heterocycles. The third-order valence-corrected chi connectivity index (χ3v) is 21.4. The van der Waals surface area contributed by atoms with Gasteiger partial charge in [0.1, 0.15) is 6.73 Å². The Morgan fingerprint density at radius 2 is 1.44 bits per heavy atom. The van der Waals surface area contributed by atoms with E-state index >= 15 is 0 Å². The maximum atomic E-state index is 12.7. The number of hydrogen-bond acceptors (Lipinski definition) is 23. The van der Waals surface area contributed by atoms with Crippen LogP contribution in [0.5, 0.6) is 0 Å². The molecule has 29 heteroatoms. The SMILES string of the molecule is CSCCN=CN.CS[C@@H]1CN[C@H](C(=O)N(C)C)C1.CS[C@@H]1CN[C@H](C(=O)Nc2cccc(C(=O)[O-])c2)C1.CS[C@@H]1CN[C@H]([C@H](O)[C@@H]2CCNC2)C1.CS[C@H]1CNC(C(C)=N)C1.CS[C@H]1C[C@@H](C(=O)N2CC[C@H](NCOCN=C(C)N)C2)N(C)C1.[Na+]. The Labute approximate surface area is 562 Å². The number of aliphatic imine (C=N–C) groups is 2. The molecule has 22 nitrogen and oxygen atoms in total. The molecule has 13 N–H and O–H groups in total. The minimum Gasteiger partial charge on any atom is -0.545 e. The van der Waals surface area contributed by atoms with E-state index in [0.29, 0.717) is 63.3 Å². The third kappa shape index (κ3) is 30.3. The number of nitrogens with two attached hydrogens (primary N) is 2. The molecular formula is C57H104N15NaO7S6. The Morgan fingerprint density at radius 3 is 1.95 bits per heavy atom. The van der Waals surface area contributed by atoms with E-state index < -0.39 is 5.97 Å². The van der Waals surface area contributed by atoms with E-state index in [1.165, 1.54) is 18.5 Å². The van der Waals surface area contributed by atoms with Crippen LogP contribution in [-0.2, 0) is 19.1 Å². The number of rotatable bonds is 21. The van der Waals surface area contributed by atoms with Crippen LogP contribution in [0.2, 0.25) is 0 Å². The maximum Gasteiger partial charge on any atom is 1.00 e. The second-order valence-corrected chi connectivity index (χ2v) is 28.8. The molecule has 8 rings (SSSR count). The molecule has 7 saturated heterocycles. The van der Waals surface area contributed by atoms with Crippen molar-refractivity contribution in [1.82, 2.24) is 46.6 Å². The zero-order chi connectivity index (χ0) is 62.8. The van der Waals surface area contributed by atoms with Gasteiger partial charge in [-0.2, -0.15) is 70.6 Å². The summed E-state index contributed by atoms with van der Waals surface area (Å²) in [6.45, 7) is 13.7. The number of ether oxygens (including phenoxy) is 1. The molecule has 13 atom stereocenters. The Morgan fingerprint density at radius 1 is 0.849 bits per heavy atom. The Bertz CT molecular complexity index is 2180. The van der Waals surface area contributed by atoms with Crippen molar-refractivity contribution in [2.75, 3.05) is 149 Å². The van der Waals surface area contributed by atoms with Gasteiger partial charge in [-0.3, -0.25) is 29.6 Å². The van der Waals surface area contributed by atoms with Crippen molar-refractivity contribution in [3.05, 3.63) is 29.8 Å². The second-order valence-electron chi connectivity index (χ2n) is 22.1.